The fourth-order valence-electron chi connectivity index (χ4n) is 2.46. The van der Waals surface area contributed by atoms with E-state index >= 15 is 0 Å². The van der Waals surface area contributed by atoms with E-state index in [9.17, 15) is 9.59 Å². The van der Waals surface area contributed by atoms with Gasteiger partial charge in [0, 0.05) is 18.6 Å². The quantitative estimate of drug-likeness (QED) is 0.809. The van der Waals surface area contributed by atoms with Crippen LogP contribution >= 0.6 is 11.6 Å². The molecule has 0 aromatic heterocycles. The van der Waals surface area contributed by atoms with Gasteiger partial charge in [0.15, 0.2) is 6.61 Å². The summed E-state index contributed by atoms with van der Waals surface area (Å²) in [5.74, 6) is 0.0663. The van der Waals surface area contributed by atoms with E-state index in [1.165, 1.54) is 4.90 Å². The molecule has 0 saturated carbocycles. The Labute approximate surface area is 158 Å². The maximum absolute atomic E-state index is 12.7. The molecule has 0 aliphatic carbocycles. The first-order chi connectivity index (χ1) is 12.4. The van der Waals surface area contributed by atoms with Crippen LogP contribution in [0.25, 0.3) is 0 Å². The van der Waals surface area contributed by atoms with Crippen LogP contribution in [0.3, 0.4) is 0 Å². The Balaban J connectivity index is 2.13. The summed E-state index contributed by atoms with van der Waals surface area (Å²) in [6, 6.07) is 14.0. The Kier molecular flexibility index (Phi) is 7.04. The molecule has 6 heteroatoms. The molecule has 2 aromatic rings. The lowest BCUT2D eigenvalue weighted by molar-refractivity contribution is -0.142. The number of nitrogens with one attached hydrogen (secondary N) is 1. The standard InChI is InChI=1S/C20H23ClN2O3/c1-14-8-10-17(11-9-14)26-13-19(24)23(15(2)20(25)22-3)12-16-6-4-5-7-18(16)21/h4-11,15H,12-13H2,1-3H3,(H,22,25)/t15-/m1/s1. The van der Waals surface area contributed by atoms with Gasteiger partial charge in [0.25, 0.3) is 5.91 Å². The fourth-order valence-corrected chi connectivity index (χ4v) is 2.66. The molecule has 1 atom stereocenters. The Morgan fingerprint density at radius 1 is 1.15 bits per heavy atom. The molecule has 2 aromatic carbocycles. The number of ether oxygens (including phenoxy) is 1. The van der Waals surface area contributed by atoms with Crippen molar-refractivity contribution in [2.75, 3.05) is 13.7 Å². The first-order valence-corrected chi connectivity index (χ1v) is 8.74. The summed E-state index contributed by atoms with van der Waals surface area (Å²) in [6.45, 7) is 3.73. The van der Waals surface area contributed by atoms with Crippen LogP contribution < -0.4 is 10.1 Å². The van der Waals surface area contributed by atoms with E-state index in [-0.39, 0.29) is 25.0 Å². The van der Waals surface area contributed by atoms with Gasteiger partial charge in [0.05, 0.1) is 0 Å². The Morgan fingerprint density at radius 3 is 2.42 bits per heavy atom. The molecule has 0 unspecified atom stereocenters. The average Bonchev–Trinajstić information content (AvgIpc) is 2.65. The second-order valence-corrected chi connectivity index (χ2v) is 6.41. The highest BCUT2D eigenvalue weighted by molar-refractivity contribution is 6.31. The molecule has 0 heterocycles. The molecule has 0 aliphatic rings. The molecule has 5 nitrogen and oxygen atoms in total. The van der Waals surface area contributed by atoms with Crippen LogP contribution in [0.2, 0.25) is 5.02 Å². The van der Waals surface area contributed by atoms with Crippen molar-refractivity contribution in [1.29, 1.82) is 0 Å². The predicted molar refractivity (Wildman–Crippen MR) is 102 cm³/mol. The minimum Gasteiger partial charge on any atom is -0.484 e. The van der Waals surface area contributed by atoms with Crippen molar-refractivity contribution in [2.24, 2.45) is 0 Å². The average molecular weight is 375 g/mol. The first kappa shape index (κ1) is 19.8. The molecule has 0 radical (unpaired) electrons. The lowest BCUT2D eigenvalue weighted by Crippen LogP contribution is -2.48. The van der Waals surface area contributed by atoms with Gasteiger partial charge in [-0.15, -0.1) is 0 Å². The van der Waals surface area contributed by atoms with Crippen LogP contribution in [0.4, 0.5) is 0 Å². The van der Waals surface area contributed by atoms with E-state index in [4.69, 9.17) is 16.3 Å². The van der Waals surface area contributed by atoms with E-state index in [1.807, 2.05) is 49.4 Å². The Morgan fingerprint density at radius 2 is 1.81 bits per heavy atom. The largest absolute Gasteiger partial charge is 0.484 e. The highest BCUT2D eigenvalue weighted by Gasteiger charge is 2.26. The summed E-state index contributed by atoms with van der Waals surface area (Å²) in [6.07, 6.45) is 0. The van der Waals surface area contributed by atoms with Crippen molar-refractivity contribution >= 4 is 23.4 Å². The zero-order chi connectivity index (χ0) is 19.1. The van der Waals surface area contributed by atoms with E-state index in [2.05, 4.69) is 5.32 Å². The van der Waals surface area contributed by atoms with E-state index in [1.54, 1.807) is 20.0 Å². The summed E-state index contributed by atoms with van der Waals surface area (Å²) in [5, 5.41) is 3.12. The van der Waals surface area contributed by atoms with Crippen molar-refractivity contribution < 1.29 is 14.3 Å². The molecule has 1 N–H and O–H groups in total. The lowest BCUT2D eigenvalue weighted by Gasteiger charge is -2.28. The van der Waals surface area contributed by atoms with Gasteiger partial charge < -0.3 is 15.0 Å². The number of rotatable bonds is 7. The van der Waals surface area contributed by atoms with Crippen molar-refractivity contribution in [3.05, 3.63) is 64.7 Å². The highest BCUT2D eigenvalue weighted by atomic mass is 35.5. The van der Waals surface area contributed by atoms with Gasteiger partial charge >= 0.3 is 0 Å². The minimum atomic E-state index is -0.648. The van der Waals surface area contributed by atoms with Crippen molar-refractivity contribution in [3.8, 4) is 5.75 Å². The molecule has 0 saturated heterocycles. The zero-order valence-corrected chi connectivity index (χ0v) is 15.9. The topological polar surface area (TPSA) is 58.6 Å². The first-order valence-electron chi connectivity index (χ1n) is 8.36. The van der Waals surface area contributed by atoms with Crippen molar-refractivity contribution in [1.82, 2.24) is 10.2 Å². The summed E-state index contributed by atoms with van der Waals surface area (Å²) < 4.78 is 5.58. The third-order valence-corrected chi connectivity index (χ3v) is 4.46. The molecular weight excluding hydrogens is 352 g/mol. The Bertz CT molecular complexity index is 762. The van der Waals surface area contributed by atoms with Crippen LogP contribution in [0.15, 0.2) is 48.5 Å². The number of carbonyl (C=O) groups excluding carboxylic acids is 2. The molecule has 0 fully saturated rings. The number of nitrogens with zero attached hydrogens (tertiary/aromatic N) is 1. The number of aryl methyl sites for hydroxylation is 1. The number of halogens is 1. The maximum atomic E-state index is 12.7. The predicted octanol–water partition coefficient (Wildman–Crippen LogP) is 3.19. The van der Waals surface area contributed by atoms with Gasteiger partial charge in [0.1, 0.15) is 11.8 Å². The third-order valence-electron chi connectivity index (χ3n) is 4.10. The molecule has 0 bridgehead atoms. The number of carbonyl (C=O) groups is 2. The van der Waals surface area contributed by atoms with Crippen LogP contribution in [-0.4, -0.2) is 36.4 Å². The SMILES string of the molecule is CNC(=O)[C@@H](C)N(Cc1ccccc1Cl)C(=O)COc1ccc(C)cc1. The van der Waals surface area contributed by atoms with Gasteiger partial charge in [-0.05, 0) is 37.6 Å². The van der Waals surface area contributed by atoms with Crippen LogP contribution in [0.1, 0.15) is 18.1 Å². The van der Waals surface area contributed by atoms with Crippen LogP contribution in [-0.2, 0) is 16.1 Å². The van der Waals surface area contributed by atoms with Crippen molar-refractivity contribution in [2.45, 2.75) is 26.4 Å². The van der Waals surface area contributed by atoms with E-state index < -0.39 is 6.04 Å². The molecule has 0 spiro atoms. The summed E-state index contributed by atoms with van der Waals surface area (Å²) in [4.78, 5) is 26.3. The smallest absolute Gasteiger partial charge is 0.261 e. The van der Waals surface area contributed by atoms with Gasteiger partial charge in [-0.3, -0.25) is 9.59 Å². The fraction of sp³-hybridized carbons (Fsp3) is 0.300. The summed E-state index contributed by atoms with van der Waals surface area (Å²) in [7, 11) is 1.54. The molecule has 0 aliphatic heterocycles. The van der Waals surface area contributed by atoms with Gasteiger partial charge in [-0.2, -0.15) is 0 Å². The molecule has 138 valence electrons. The molecule has 26 heavy (non-hydrogen) atoms. The Hall–Kier alpha value is -2.53. The number of benzene rings is 2. The van der Waals surface area contributed by atoms with Crippen molar-refractivity contribution in [3.63, 3.8) is 0 Å². The highest BCUT2D eigenvalue weighted by Crippen LogP contribution is 2.19. The number of hydrogen-bond donors (Lipinski definition) is 1. The van der Waals surface area contributed by atoms with E-state index in [0.717, 1.165) is 11.1 Å². The van der Waals surface area contributed by atoms with Gasteiger partial charge in [-0.1, -0.05) is 47.5 Å². The lowest BCUT2D eigenvalue weighted by atomic mass is 10.1. The summed E-state index contributed by atoms with van der Waals surface area (Å²) >= 11 is 6.21. The van der Waals surface area contributed by atoms with Gasteiger partial charge in [-0.25, -0.2) is 0 Å². The molecular formula is C20H23ClN2O3. The minimum absolute atomic E-state index is 0.158. The van der Waals surface area contributed by atoms with Gasteiger partial charge in [0.2, 0.25) is 5.91 Å². The second kappa shape index (κ2) is 9.25. The van der Waals surface area contributed by atoms with Crippen LogP contribution in [0.5, 0.6) is 5.75 Å². The number of likely N-dealkylation sites (N-methyl/N-ethyl adjacent to an activating group) is 1. The zero-order valence-electron chi connectivity index (χ0n) is 15.2. The normalized spacial score (nSPS) is 11.5. The second-order valence-electron chi connectivity index (χ2n) is 6.01. The summed E-state index contributed by atoms with van der Waals surface area (Å²) in [5.41, 5.74) is 1.88. The molecule has 2 amide bonds. The monoisotopic (exact) mass is 374 g/mol. The molecule has 2 rings (SSSR count). The maximum Gasteiger partial charge on any atom is 0.261 e. The number of amides is 2. The number of hydrogen-bond acceptors (Lipinski definition) is 3. The van der Waals surface area contributed by atoms with Crippen LogP contribution in [0, 0.1) is 6.92 Å². The third kappa shape index (κ3) is 5.23. The van der Waals surface area contributed by atoms with E-state index in [0.29, 0.717) is 10.8 Å².